The van der Waals surface area contributed by atoms with Crippen LogP contribution in [0.2, 0.25) is 0 Å². The van der Waals surface area contributed by atoms with Gasteiger partial charge in [0.15, 0.2) is 0 Å². The molecule has 0 atom stereocenters. The number of hydrogen-bond acceptors (Lipinski definition) is 4. The third kappa shape index (κ3) is 5.24. The van der Waals surface area contributed by atoms with Crippen LogP contribution in [0.25, 0.3) is 11.1 Å². The first-order valence-electron chi connectivity index (χ1n) is 12.3. The first-order chi connectivity index (χ1) is 15.3. The molecule has 0 bridgehead atoms. The molecular formula is C27H36N2O2. The first-order valence-corrected chi connectivity index (χ1v) is 12.3. The fourth-order valence-corrected chi connectivity index (χ4v) is 5.29. The molecule has 1 aliphatic carbocycles. The second-order valence-electron chi connectivity index (χ2n) is 9.32. The highest BCUT2D eigenvalue weighted by Gasteiger charge is 2.20. The van der Waals surface area contributed by atoms with Crippen molar-refractivity contribution in [2.75, 3.05) is 52.5 Å². The van der Waals surface area contributed by atoms with Gasteiger partial charge in [0.05, 0.1) is 0 Å². The highest BCUT2D eigenvalue weighted by molar-refractivity contribution is 5.78. The van der Waals surface area contributed by atoms with Gasteiger partial charge >= 0.3 is 0 Å². The van der Waals surface area contributed by atoms with E-state index in [0.29, 0.717) is 0 Å². The predicted octanol–water partition coefficient (Wildman–Crippen LogP) is 4.99. The van der Waals surface area contributed by atoms with Crippen LogP contribution in [-0.4, -0.2) is 62.3 Å². The average molecular weight is 421 g/mol. The smallest absolute Gasteiger partial charge is 0.119 e. The fourth-order valence-electron chi connectivity index (χ4n) is 5.29. The van der Waals surface area contributed by atoms with E-state index < -0.39 is 0 Å². The Balaban J connectivity index is 1.14. The summed E-state index contributed by atoms with van der Waals surface area (Å²) in [5, 5.41) is 0. The molecule has 0 aromatic heterocycles. The highest BCUT2D eigenvalue weighted by atomic mass is 16.5. The molecule has 0 unspecified atom stereocenters. The highest BCUT2D eigenvalue weighted by Crippen LogP contribution is 2.39. The predicted molar refractivity (Wildman–Crippen MR) is 126 cm³/mol. The molecule has 2 fully saturated rings. The quantitative estimate of drug-likeness (QED) is 0.513. The molecule has 0 spiro atoms. The maximum Gasteiger partial charge on any atom is 0.119 e. The van der Waals surface area contributed by atoms with Gasteiger partial charge in [-0.25, -0.2) is 0 Å². The van der Waals surface area contributed by atoms with E-state index in [2.05, 4.69) is 46.2 Å². The van der Waals surface area contributed by atoms with Gasteiger partial charge in [-0.05, 0) is 105 Å². The summed E-state index contributed by atoms with van der Waals surface area (Å²) in [7, 11) is 0. The summed E-state index contributed by atoms with van der Waals surface area (Å²) >= 11 is 0. The molecule has 3 aliphatic rings. The number of piperidine rings is 2. The van der Waals surface area contributed by atoms with Gasteiger partial charge < -0.3 is 9.47 Å². The lowest BCUT2D eigenvalue weighted by atomic mass is 10.1. The summed E-state index contributed by atoms with van der Waals surface area (Å²) in [6.07, 6.45) is 9.07. The van der Waals surface area contributed by atoms with Crippen LogP contribution in [0.1, 0.15) is 49.7 Å². The Kier molecular flexibility index (Phi) is 6.76. The van der Waals surface area contributed by atoms with E-state index >= 15 is 0 Å². The molecule has 2 aromatic rings. The third-order valence-corrected chi connectivity index (χ3v) is 7.07. The van der Waals surface area contributed by atoms with E-state index in [1.807, 2.05) is 0 Å². The molecular weight excluding hydrogens is 384 g/mol. The van der Waals surface area contributed by atoms with Gasteiger partial charge in [0.25, 0.3) is 0 Å². The molecule has 0 saturated carbocycles. The van der Waals surface area contributed by atoms with Gasteiger partial charge in [-0.3, -0.25) is 9.80 Å². The number of hydrogen-bond donors (Lipinski definition) is 0. The van der Waals surface area contributed by atoms with E-state index in [0.717, 1.165) is 44.2 Å². The van der Waals surface area contributed by atoms with E-state index in [1.165, 1.54) is 87.0 Å². The SMILES string of the molecule is c1cc2c(cc1OCCN1CCCCC1)Cc1cc(OCCN3CCCCC3)ccc1-2. The molecule has 2 aliphatic heterocycles. The molecule has 2 aromatic carbocycles. The van der Waals surface area contributed by atoms with Crippen LogP contribution in [-0.2, 0) is 6.42 Å². The minimum Gasteiger partial charge on any atom is -0.492 e. The molecule has 0 N–H and O–H groups in total. The summed E-state index contributed by atoms with van der Waals surface area (Å²) in [5.41, 5.74) is 5.43. The average Bonchev–Trinajstić information content (AvgIpc) is 3.17. The maximum absolute atomic E-state index is 6.10. The zero-order valence-corrected chi connectivity index (χ0v) is 18.8. The lowest BCUT2D eigenvalue weighted by Gasteiger charge is -2.26. The first kappa shape index (κ1) is 20.8. The Hall–Kier alpha value is -2.04. The van der Waals surface area contributed by atoms with Crippen molar-refractivity contribution >= 4 is 0 Å². The van der Waals surface area contributed by atoms with Gasteiger partial charge in [-0.1, -0.05) is 25.0 Å². The van der Waals surface area contributed by atoms with Crippen molar-refractivity contribution in [2.24, 2.45) is 0 Å². The molecule has 4 nitrogen and oxygen atoms in total. The summed E-state index contributed by atoms with van der Waals surface area (Å²) in [6, 6.07) is 13.2. The molecule has 166 valence electrons. The Morgan fingerprint density at radius 1 is 0.581 bits per heavy atom. The van der Waals surface area contributed by atoms with Crippen LogP contribution < -0.4 is 9.47 Å². The topological polar surface area (TPSA) is 24.9 Å². The maximum atomic E-state index is 6.10. The van der Waals surface area contributed by atoms with Crippen molar-refractivity contribution < 1.29 is 9.47 Å². The van der Waals surface area contributed by atoms with E-state index in [-0.39, 0.29) is 0 Å². The zero-order chi connectivity index (χ0) is 20.9. The van der Waals surface area contributed by atoms with Crippen LogP contribution in [0.3, 0.4) is 0 Å². The Morgan fingerprint density at radius 2 is 1.03 bits per heavy atom. The third-order valence-electron chi connectivity index (χ3n) is 7.07. The minimum atomic E-state index is 0.779. The van der Waals surface area contributed by atoms with Crippen LogP contribution in [0.4, 0.5) is 0 Å². The van der Waals surface area contributed by atoms with Crippen molar-refractivity contribution in [1.29, 1.82) is 0 Å². The summed E-state index contributed by atoms with van der Waals surface area (Å²) in [5.74, 6) is 2.00. The number of ether oxygens (including phenoxy) is 2. The molecule has 5 rings (SSSR count). The zero-order valence-electron chi connectivity index (χ0n) is 18.8. The largest absolute Gasteiger partial charge is 0.492 e. The monoisotopic (exact) mass is 420 g/mol. The molecule has 4 heteroatoms. The van der Waals surface area contributed by atoms with Gasteiger partial charge in [-0.2, -0.15) is 0 Å². The minimum absolute atomic E-state index is 0.779. The second-order valence-corrected chi connectivity index (χ2v) is 9.32. The van der Waals surface area contributed by atoms with Crippen molar-refractivity contribution in [2.45, 2.75) is 44.9 Å². The van der Waals surface area contributed by atoms with Crippen molar-refractivity contribution in [3.8, 4) is 22.6 Å². The van der Waals surface area contributed by atoms with Crippen molar-refractivity contribution in [1.82, 2.24) is 9.80 Å². The Morgan fingerprint density at radius 3 is 1.48 bits per heavy atom. The number of fused-ring (bicyclic) bond motifs is 3. The fraction of sp³-hybridized carbons (Fsp3) is 0.556. The summed E-state index contributed by atoms with van der Waals surface area (Å²) in [4.78, 5) is 5.05. The van der Waals surface area contributed by atoms with E-state index in [4.69, 9.17) is 9.47 Å². The van der Waals surface area contributed by atoms with Crippen LogP contribution in [0, 0.1) is 0 Å². The van der Waals surface area contributed by atoms with Crippen LogP contribution in [0.5, 0.6) is 11.5 Å². The van der Waals surface area contributed by atoms with Gasteiger partial charge in [0.2, 0.25) is 0 Å². The standard InChI is InChI=1S/C27H36N2O2/c1-3-11-28(12-4-1)15-17-30-24-7-9-26-22(20-24)19-23-21-25(8-10-27(23)26)31-18-16-29-13-5-2-6-14-29/h7-10,20-21H,1-6,11-19H2. The summed E-state index contributed by atoms with van der Waals surface area (Å²) < 4.78 is 12.2. The Labute approximate surface area is 187 Å². The lowest BCUT2D eigenvalue weighted by molar-refractivity contribution is 0.183. The molecule has 31 heavy (non-hydrogen) atoms. The van der Waals surface area contributed by atoms with E-state index in [9.17, 15) is 0 Å². The molecule has 0 radical (unpaired) electrons. The van der Waals surface area contributed by atoms with Gasteiger partial charge in [0.1, 0.15) is 24.7 Å². The lowest BCUT2D eigenvalue weighted by Crippen LogP contribution is -2.33. The number of nitrogens with zero attached hydrogens (tertiary/aromatic N) is 2. The second kappa shape index (κ2) is 10.1. The summed E-state index contributed by atoms with van der Waals surface area (Å²) in [6.45, 7) is 8.54. The molecule has 0 amide bonds. The number of benzene rings is 2. The normalized spacial score (nSPS) is 19.1. The van der Waals surface area contributed by atoms with Crippen molar-refractivity contribution in [3.05, 3.63) is 47.5 Å². The van der Waals surface area contributed by atoms with Crippen LogP contribution >= 0.6 is 0 Å². The Bertz CT molecular complexity index is 798. The molecule has 2 saturated heterocycles. The number of likely N-dealkylation sites (tertiary alicyclic amines) is 2. The van der Waals surface area contributed by atoms with Crippen LogP contribution in [0.15, 0.2) is 36.4 Å². The van der Waals surface area contributed by atoms with Gasteiger partial charge in [-0.15, -0.1) is 0 Å². The molecule has 2 heterocycles. The van der Waals surface area contributed by atoms with Crippen molar-refractivity contribution in [3.63, 3.8) is 0 Å². The number of rotatable bonds is 8. The van der Waals surface area contributed by atoms with Gasteiger partial charge in [0, 0.05) is 13.1 Å². The van der Waals surface area contributed by atoms with E-state index in [1.54, 1.807) is 0 Å².